The fraction of sp³-hybridized carbons (Fsp3) is 0.812. The van der Waals surface area contributed by atoms with Crippen LogP contribution in [0.3, 0.4) is 0 Å². The Bertz CT molecular complexity index is 332. The molecule has 3 aliphatic carbocycles. The largest absolute Gasteiger partial charge is 0.463 e. The van der Waals surface area contributed by atoms with E-state index in [1.165, 1.54) is 44.6 Å². The molecule has 20 heavy (non-hydrogen) atoms. The summed E-state index contributed by atoms with van der Waals surface area (Å²) in [5.41, 5.74) is 0.260. The summed E-state index contributed by atoms with van der Waals surface area (Å²) in [7, 11) is 0. The third kappa shape index (κ3) is 3.61. The number of β-amino-alcohol motifs (C(OH)–C–C–N with tert-alkyl or cyclic N) is 1. The molecule has 0 aliphatic heterocycles. The second kappa shape index (κ2) is 7.23. The Morgan fingerprint density at radius 2 is 2.00 bits per heavy atom. The molecule has 3 saturated carbocycles. The highest BCUT2D eigenvalue weighted by Gasteiger charge is 2.43. The van der Waals surface area contributed by atoms with Gasteiger partial charge in [-0.2, -0.15) is 0 Å². The van der Waals surface area contributed by atoms with Crippen LogP contribution in [0.15, 0.2) is 12.2 Å². The van der Waals surface area contributed by atoms with Crippen molar-refractivity contribution in [2.45, 2.75) is 51.0 Å². The van der Waals surface area contributed by atoms with Crippen LogP contribution >= 0.6 is 0 Å². The molecule has 0 spiro atoms. The molecule has 0 radical (unpaired) electrons. The van der Waals surface area contributed by atoms with Crippen molar-refractivity contribution in [1.29, 1.82) is 0 Å². The highest BCUT2D eigenvalue weighted by molar-refractivity contribution is 5.81. The first-order valence-electron chi connectivity index (χ1n) is 7.89. The van der Waals surface area contributed by atoms with E-state index in [4.69, 9.17) is 4.74 Å². The second-order valence-corrected chi connectivity index (χ2v) is 6.03. The zero-order chi connectivity index (χ0) is 14.4. The molecule has 0 unspecified atom stereocenters. The zero-order valence-corrected chi connectivity index (χ0v) is 12.5. The van der Waals surface area contributed by atoms with E-state index in [2.05, 4.69) is 4.90 Å². The molecule has 0 saturated heterocycles. The molecule has 0 amide bonds. The molecule has 0 aromatic heterocycles. The van der Waals surface area contributed by atoms with E-state index >= 15 is 0 Å². The number of rotatable bonds is 7. The fourth-order valence-corrected chi connectivity index (χ4v) is 3.81. The Kier molecular flexibility index (Phi) is 5.61. The molecule has 4 nitrogen and oxygen atoms in total. The normalized spacial score (nSPS) is 29.2. The average Bonchev–Trinajstić information content (AvgIpc) is 2.48. The minimum absolute atomic E-state index is 0.179. The van der Waals surface area contributed by atoms with Gasteiger partial charge in [0.1, 0.15) is 0 Å². The van der Waals surface area contributed by atoms with E-state index < -0.39 is 0 Å². The molecule has 3 fully saturated rings. The number of hydrogen-bond donors (Lipinski definition) is 1. The van der Waals surface area contributed by atoms with Crippen LogP contribution in [-0.2, 0) is 9.53 Å². The van der Waals surface area contributed by atoms with E-state index in [1.807, 2.05) is 13.0 Å². The van der Waals surface area contributed by atoms with Crippen LogP contribution in [0.4, 0.5) is 0 Å². The first kappa shape index (κ1) is 15.5. The molecule has 3 aliphatic rings. The van der Waals surface area contributed by atoms with Crippen molar-refractivity contribution in [2.75, 3.05) is 26.3 Å². The summed E-state index contributed by atoms with van der Waals surface area (Å²) in [5, 5.41) is 9.33. The third-order valence-corrected chi connectivity index (χ3v) is 4.96. The lowest BCUT2D eigenvalue weighted by Gasteiger charge is -2.52. The maximum atomic E-state index is 11.3. The van der Waals surface area contributed by atoms with E-state index in [0.717, 1.165) is 12.5 Å². The minimum Gasteiger partial charge on any atom is -0.463 e. The van der Waals surface area contributed by atoms with Crippen molar-refractivity contribution in [3.63, 3.8) is 0 Å². The SMILES string of the molecule is CCOC(=O)/C=C/CN(CCO)C12CCC(CC1)CC2. The summed E-state index contributed by atoms with van der Waals surface area (Å²) >= 11 is 0. The first-order chi connectivity index (χ1) is 9.70. The van der Waals surface area contributed by atoms with Crippen LogP contribution in [0.2, 0.25) is 0 Å². The van der Waals surface area contributed by atoms with E-state index in [1.54, 1.807) is 0 Å². The number of carbonyl (C=O) groups is 1. The van der Waals surface area contributed by atoms with Crippen LogP contribution in [0, 0.1) is 5.92 Å². The lowest BCUT2D eigenvalue weighted by atomic mass is 9.65. The highest BCUT2D eigenvalue weighted by Crippen LogP contribution is 2.47. The van der Waals surface area contributed by atoms with Gasteiger partial charge >= 0.3 is 5.97 Å². The predicted molar refractivity (Wildman–Crippen MR) is 78.4 cm³/mol. The molecule has 0 aromatic carbocycles. The maximum Gasteiger partial charge on any atom is 0.330 e. The molecular weight excluding hydrogens is 254 g/mol. The number of nitrogens with zero attached hydrogens (tertiary/aromatic N) is 1. The Hall–Kier alpha value is -0.870. The topological polar surface area (TPSA) is 49.8 Å². The number of carbonyl (C=O) groups excluding carboxylic acids is 1. The smallest absolute Gasteiger partial charge is 0.330 e. The van der Waals surface area contributed by atoms with Gasteiger partial charge in [-0.15, -0.1) is 0 Å². The van der Waals surface area contributed by atoms with Crippen LogP contribution < -0.4 is 0 Å². The van der Waals surface area contributed by atoms with Crippen LogP contribution in [-0.4, -0.2) is 47.8 Å². The summed E-state index contributed by atoms with van der Waals surface area (Å²) in [6.07, 6.45) is 11.1. The van der Waals surface area contributed by atoms with Gasteiger partial charge in [0.2, 0.25) is 0 Å². The quantitative estimate of drug-likeness (QED) is 0.573. The molecule has 2 bridgehead atoms. The van der Waals surface area contributed by atoms with Gasteiger partial charge < -0.3 is 9.84 Å². The molecule has 0 heterocycles. The van der Waals surface area contributed by atoms with E-state index in [9.17, 15) is 9.90 Å². The fourth-order valence-electron chi connectivity index (χ4n) is 3.81. The maximum absolute atomic E-state index is 11.3. The molecule has 114 valence electrons. The van der Waals surface area contributed by atoms with Crippen molar-refractivity contribution in [1.82, 2.24) is 4.90 Å². The summed E-state index contributed by atoms with van der Waals surface area (Å²) < 4.78 is 4.89. The zero-order valence-electron chi connectivity index (χ0n) is 12.5. The predicted octanol–water partition coefficient (Wildman–Crippen LogP) is 2.12. The summed E-state index contributed by atoms with van der Waals surface area (Å²) in [6, 6.07) is 0. The molecule has 1 N–H and O–H groups in total. The number of aliphatic hydroxyl groups excluding tert-OH is 1. The monoisotopic (exact) mass is 281 g/mol. The number of ether oxygens (including phenoxy) is 1. The Labute approximate surface area is 121 Å². The van der Waals surface area contributed by atoms with Gasteiger partial charge in [0, 0.05) is 24.7 Å². The summed E-state index contributed by atoms with van der Waals surface area (Å²) in [4.78, 5) is 13.7. The Morgan fingerprint density at radius 1 is 1.35 bits per heavy atom. The molecule has 4 heteroatoms. The second-order valence-electron chi connectivity index (χ2n) is 6.03. The third-order valence-electron chi connectivity index (χ3n) is 4.96. The molecule has 0 atom stereocenters. The molecule has 0 aromatic rings. The van der Waals surface area contributed by atoms with Crippen molar-refractivity contribution >= 4 is 5.97 Å². The number of hydrogen-bond acceptors (Lipinski definition) is 4. The van der Waals surface area contributed by atoms with Gasteiger partial charge in [-0.05, 0) is 51.4 Å². The summed E-state index contributed by atoms with van der Waals surface area (Å²) in [6.45, 7) is 3.82. The number of esters is 1. The van der Waals surface area contributed by atoms with Crippen LogP contribution in [0.25, 0.3) is 0 Å². The van der Waals surface area contributed by atoms with Gasteiger partial charge in [-0.1, -0.05) is 6.08 Å². The van der Waals surface area contributed by atoms with Gasteiger partial charge in [0.05, 0.1) is 13.2 Å². The standard InChI is InChI=1S/C16H27NO3/c1-2-20-15(19)4-3-11-17(12-13-18)16-8-5-14(6-9-16)7-10-16/h3-4,14,18H,2,5-13H2,1H3/b4-3+. The molecule has 3 rings (SSSR count). The Balaban J connectivity index is 1.94. The Morgan fingerprint density at radius 3 is 2.55 bits per heavy atom. The van der Waals surface area contributed by atoms with E-state index in [0.29, 0.717) is 13.2 Å². The number of fused-ring (bicyclic) bond motifs is 3. The van der Waals surface area contributed by atoms with Gasteiger partial charge in [0.25, 0.3) is 0 Å². The summed E-state index contributed by atoms with van der Waals surface area (Å²) in [5.74, 6) is 0.657. The minimum atomic E-state index is -0.277. The lowest BCUT2D eigenvalue weighted by molar-refractivity contribution is -0.137. The van der Waals surface area contributed by atoms with Gasteiger partial charge in [-0.25, -0.2) is 4.79 Å². The van der Waals surface area contributed by atoms with Crippen molar-refractivity contribution < 1.29 is 14.6 Å². The lowest BCUT2D eigenvalue weighted by Crippen LogP contribution is -2.54. The van der Waals surface area contributed by atoms with Crippen LogP contribution in [0.1, 0.15) is 45.4 Å². The van der Waals surface area contributed by atoms with Crippen molar-refractivity contribution in [2.24, 2.45) is 5.92 Å². The molecular formula is C16H27NO3. The van der Waals surface area contributed by atoms with Crippen molar-refractivity contribution in [3.05, 3.63) is 12.2 Å². The first-order valence-corrected chi connectivity index (χ1v) is 7.89. The van der Waals surface area contributed by atoms with E-state index in [-0.39, 0.29) is 18.1 Å². The highest BCUT2D eigenvalue weighted by atomic mass is 16.5. The van der Waals surface area contributed by atoms with Gasteiger partial charge in [0.15, 0.2) is 0 Å². The average molecular weight is 281 g/mol. The van der Waals surface area contributed by atoms with Crippen LogP contribution in [0.5, 0.6) is 0 Å². The van der Waals surface area contributed by atoms with Crippen molar-refractivity contribution in [3.8, 4) is 0 Å². The number of aliphatic hydroxyl groups is 1. The van der Waals surface area contributed by atoms with Gasteiger partial charge in [-0.3, -0.25) is 4.90 Å².